The van der Waals surface area contributed by atoms with Gasteiger partial charge in [-0.3, -0.25) is 0 Å². The van der Waals surface area contributed by atoms with Crippen molar-refractivity contribution < 1.29 is 4.42 Å². The smallest absolute Gasteiger partial charge is 0.130 e. The standard InChI is InChI=1S/C30H30O/c1-19-17-20(2)24(22(19)4)14-15-27-26-12-8-11-25(23-9-6-5-7-10-23)28(26)18-29(27)30-16-13-21(3)31-30/h5-13,16-18,24,27H,14-15H2,1-4H3. The van der Waals surface area contributed by atoms with Crippen LogP contribution in [0.1, 0.15) is 62.2 Å². The Morgan fingerprint density at radius 1 is 0.742 bits per heavy atom. The zero-order chi connectivity index (χ0) is 21.5. The van der Waals surface area contributed by atoms with Gasteiger partial charge >= 0.3 is 0 Å². The number of fused-ring (bicyclic) bond motifs is 1. The predicted molar refractivity (Wildman–Crippen MR) is 131 cm³/mol. The maximum Gasteiger partial charge on any atom is 0.130 e. The van der Waals surface area contributed by atoms with Crippen molar-refractivity contribution in [3.63, 3.8) is 0 Å². The van der Waals surface area contributed by atoms with Gasteiger partial charge in [-0.25, -0.2) is 0 Å². The molecule has 2 aliphatic rings. The Kier molecular flexibility index (Phi) is 5.06. The summed E-state index contributed by atoms with van der Waals surface area (Å²) in [7, 11) is 0. The number of aryl methyl sites for hydroxylation is 1. The summed E-state index contributed by atoms with van der Waals surface area (Å²) in [6.45, 7) is 8.86. The molecular formula is C30H30O. The fraction of sp³-hybridized carbons (Fsp3) is 0.267. The molecule has 1 aromatic heterocycles. The Labute approximate surface area is 185 Å². The molecule has 2 aromatic carbocycles. The van der Waals surface area contributed by atoms with Gasteiger partial charge in [0.25, 0.3) is 0 Å². The number of hydrogen-bond donors (Lipinski definition) is 0. The van der Waals surface area contributed by atoms with Crippen LogP contribution in [0, 0.1) is 12.8 Å². The quantitative estimate of drug-likeness (QED) is 0.413. The average molecular weight is 407 g/mol. The second-order valence-electron chi connectivity index (χ2n) is 9.12. The topological polar surface area (TPSA) is 13.1 Å². The van der Waals surface area contributed by atoms with Gasteiger partial charge in [0.2, 0.25) is 0 Å². The molecular weight excluding hydrogens is 376 g/mol. The first kappa shape index (κ1) is 19.9. The van der Waals surface area contributed by atoms with Crippen LogP contribution in [-0.2, 0) is 0 Å². The summed E-state index contributed by atoms with van der Waals surface area (Å²) in [5.41, 5.74) is 11.2. The van der Waals surface area contributed by atoms with E-state index in [1.54, 1.807) is 0 Å². The van der Waals surface area contributed by atoms with Gasteiger partial charge in [0.1, 0.15) is 11.5 Å². The molecule has 0 fully saturated rings. The molecule has 0 aliphatic heterocycles. The SMILES string of the molecule is CC1=CC(C)=C(C)C1CCC1C(c2ccc(C)o2)=Cc2c(-c3ccccc3)cccc21. The minimum Gasteiger partial charge on any atom is -0.462 e. The Balaban J connectivity index is 1.54. The van der Waals surface area contributed by atoms with Crippen molar-refractivity contribution in [3.8, 4) is 11.1 Å². The molecule has 2 unspecified atom stereocenters. The Hall–Kier alpha value is -3.06. The molecule has 0 N–H and O–H groups in total. The van der Waals surface area contributed by atoms with Crippen molar-refractivity contribution in [2.24, 2.45) is 5.92 Å². The van der Waals surface area contributed by atoms with Crippen molar-refractivity contribution in [1.82, 2.24) is 0 Å². The van der Waals surface area contributed by atoms with Gasteiger partial charge in [0.15, 0.2) is 0 Å². The van der Waals surface area contributed by atoms with E-state index in [-0.39, 0.29) is 0 Å². The molecule has 0 amide bonds. The fourth-order valence-corrected chi connectivity index (χ4v) is 5.43. The predicted octanol–water partition coefficient (Wildman–Crippen LogP) is 8.59. The summed E-state index contributed by atoms with van der Waals surface area (Å²) in [6, 6.07) is 21.7. The monoisotopic (exact) mass is 406 g/mol. The van der Waals surface area contributed by atoms with Crippen LogP contribution >= 0.6 is 0 Å². The Morgan fingerprint density at radius 3 is 2.19 bits per heavy atom. The van der Waals surface area contributed by atoms with Gasteiger partial charge < -0.3 is 4.42 Å². The molecule has 156 valence electrons. The molecule has 1 heteroatoms. The lowest BCUT2D eigenvalue weighted by Gasteiger charge is -2.21. The molecule has 1 heterocycles. The third-order valence-electron chi connectivity index (χ3n) is 7.18. The fourth-order valence-electron chi connectivity index (χ4n) is 5.43. The summed E-state index contributed by atoms with van der Waals surface area (Å²) in [4.78, 5) is 0. The van der Waals surface area contributed by atoms with Crippen molar-refractivity contribution >= 4 is 11.6 Å². The zero-order valence-corrected chi connectivity index (χ0v) is 18.9. The molecule has 0 radical (unpaired) electrons. The van der Waals surface area contributed by atoms with E-state index in [4.69, 9.17) is 4.42 Å². The number of furan rings is 1. The van der Waals surface area contributed by atoms with E-state index in [0.29, 0.717) is 11.8 Å². The highest BCUT2D eigenvalue weighted by atomic mass is 16.3. The molecule has 0 bridgehead atoms. The first-order chi connectivity index (χ1) is 15.0. The molecule has 2 atom stereocenters. The van der Waals surface area contributed by atoms with Crippen molar-refractivity contribution in [3.05, 3.63) is 106 Å². The largest absolute Gasteiger partial charge is 0.462 e. The van der Waals surface area contributed by atoms with E-state index in [1.807, 2.05) is 6.92 Å². The molecule has 5 rings (SSSR count). The van der Waals surface area contributed by atoms with E-state index >= 15 is 0 Å². The summed E-state index contributed by atoms with van der Waals surface area (Å²) in [5, 5.41) is 0. The highest BCUT2D eigenvalue weighted by molar-refractivity contribution is 5.95. The lowest BCUT2D eigenvalue weighted by molar-refractivity contribution is 0.512. The van der Waals surface area contributed by atoms with E-state index in [1.165, 1.54) is 51.0 Å². The van der Waals surface area contributed by atoms with E-state index < -0.39 is 0 Å². The van der Waals surface area contributed by atoms with Gasteiger partial charge in [-0.2, -0.15) is 0 Å². The molecule has 3 aromatic rings. The summed E-state index contributed by atoms with van der Waals surface area (Å²) in [6.07, 6.45) is 7.04. The van der Waals surface area contributed by atoms with Gasteiger partial charge in [-0.1, -0.05) is 71.3 Å². The van der Waals surface area contributed by atoms with Crippen LogP contribution in [0.25, 0.3) is 22.8 Å². The third-order valence-corrected chi connectivity index (χ3v) is 7.18. The van der Waals surface area contributed by atoms with Crippen molar-refractivity contribution in [2.75, 3.05) is 0 Å². The zero-order valence-electron chi connectivity index (χ0n) is 18.9. The first-order valence-electron chi connectivity index (χ1n) is 11.3. The van der Waals surface area contributed by atoms with E-state index in [0.717, 1.165) is 17.9 Å². The highest BCUT2D eigenvalue weighted by Crippen LogP contribution is 2.49. The summed E-state index contributed by atoms with van der Waals surface area (Å²) in [5.74, 6) is 2.92. The van der Waals surface area contributed by atoms with Gasteiger partial charge in [-0.15, -0.1) is 0 Å². The summed E-state index contributed by atoms with van der Waals surface area (Å²) >= 11 is 0. The highest BCUT2D eigenvalue weighted by Gasteiger charge is 2.31. The van der Waals surface area contributed by atoms with Gasteiger partial charge in [0.05, 0.1) is 0 Å². The normalized spacial score (nSPS) is 20.1. The van der Waals surface area contributed by atoms with Crippen LogP contribution in [-0.4, -0.2) is 0 Å². The van der Waals surface area contributed by atoms with E-state index in [9.17, 15) is 0 Å². The van der Waals surface area contributed by atoms with Gasteiger partial charge in [0, 0.05) is 17.4 Å². The maximum absolute atomic E-state index is 6.12. The van der Waals surface area contributed by atoms with E-state index in [2.05, 4.69) is 93.6 Å². The minimum atomic E-state index is 0.366. The first-order valence-corrected chi connectivity index (χ1v) is 11.3. The van der Waals surface area contributed by atoms with Crippen molar-refractivity contribution in [2.45, 2.75) is 46.5 Å². The minimum absolute atomic E-state index is 0.366. The average Bonchev–Trinajstić information content (AvgIpc) is 3.43. The number of allylic oxidation sites excluding steroid dienone is 5. The summed E-state index contributed by atoms with van der Waals surface area (Å²) < 4.78 is 6.12. The van der Waals surface area contributed by atoms with Crippen molar-refractivity contribution in [1.29, 1.82) is 0 Å². The van der Waals surface area contributed by atoms with Crippen LogP contribution in [0.5, 0.6) is 0 Å². The number of hydrogen-bond acceptors (Lipinski definition) is 1. The van der Waals surface area contributed by atoms with Crippen LogP contribution in [0.4, 0.5) is 0 Å². The van der Waals surface area contributed by atoms with Crippen LogP contribution in [0.2, 0.25) is 0 Å². The van der Waals surface area contributed by atoms with Crippen LogP contribution in [0.15, 0.2) is 87.9 Å². The van der Waals surface area contributed by atoms with Gasteiger partial charge in [-0.05, 0) is 81.0 Å². The third kappa shape index (κ3) is 3.53. The molecule has 0 saturated heterocycles. The Bertz CT molecular complexity index is 1220. The second kappa shape index (κ2) is 7.89. The van der Waals surface area contributed by atoms with Crippen LogP contribution in [0.3, 0.4) is 0 Å². The maximum atomic E-state index is 6.12. The lowest BCUT2D eigenvalue weighted by Crippen LogP contribution is -2.06. The molecule has 31 heavy (non-hydrogen) atoms. The molecule has 0 saturated carbocycles. The van der Waals surface area contributed by atoms with Crippen LogP contribution < -0.4 is 0 Å². The number of rotatable bonds is 5. The molecule has 1 nitrogen and oxygen atoms in total. The Morgan fingerprint density at radius 2 is 1.52 bits per heavy atom. The lowest BCUT2D eigenvalue weighted by atomic mass is 9.83. The number of benzene rings is 2. The second-order valence-corrected chi connectivity index (χ2v) is 9.12. The molecule has 2 aliphatic carbocycles. The molecule has 0 spiro atoms.